The first kappa shape index (κ1) is 7.34. The zero-order chi connectivity index (χ0) is 8.13. The highest BCUT2D eigenvalue weighted by Crippen LogP contribution is 2.42. The first-order valence-electron chi connectivity index (χ1n) is 5.20. The maximum atomic E-state index is 5.57. The Bertz CT molecular complexity index is 194. The number of ether oxygens (including phenoxy) is 1. The Labute approximate surface area is 73.9 Å². The molecule has 1 saturated heterocycles. The molecule has 2 saturated carbocycles. The highest BCUT2D eigenvalue weighted by atomic mass is 16.5. The second kappa shape index (κ2) is 2.46. The molecular formula is C10H17NO. The molecule has 0 aromatic heterocycles. The van der Waals surface area contributed by atoms with Gasteiger partial charge < -0.3 is 4.74 Å². The van der Waals surface area contributed by atoms with E-state index >= 15 is 0 Å². The molecule has 4 unspecified atom stereocenters. The molecule has 0 spiro atoms. The van der Waals surface area contributed by atoms with Gasteiger partial charge in [0.2, 0.25) is 0 Å². The molecule has 2 heteroatoms. The van der Waals surface area contributed by atoms with Gasteiger partial charge in [-0.25, -0.2) is 0 Å². The molecule has 0 amide bonds. The number of fused-ring (bicyclic) bond motifs is 1. The van der Waals surface area contributed by atoms with E-state index in [0.717, 1.165) is 24.5 Å². The quantitative estimate of drug-likeness (QED) is 0.611. The summed E-state index contributed by atoms with van der Waals surface area (Å²) in [7, 11) is 0. The second-order valence-electron chi connectivity index (χ2n) is 4.68. The molecule has 0 aromatic carbocycles. The molecule has 0 bridgehead atoms. The third-order valence-corrected chi connectivity index (χ3v) is 3.62. The molecule has 1 aliphatic heterocycles. The van der Waals surface area contributed by atoms with Crippen LogP contribution in [0.2, 0.25) is 0 Å². The van der Waals surface area contributed by atoms with Gasteiger partial charge in [-0.15, -0.1) is 0 Å². The van der Waals surface area contributed by atoms with E-state index in [1.54, 1.807) is 0 Å². The number of hydrogen-bond acceptors (Lipinski definition) is 2. The van der Waals surface area contributed by atoms with Crippen molar-refractivity contribution in [3.05, 3.63) is 0 Å². The fourth-order valence-corrected chi connectivity index (χ4v) is 2.39. The van der Waals surface area contributed by atoms with Crippen LogP contribution in [-0.4, -0.2) is 36.7 Å². The Hall–Kier alpha value is -0.0800. The Balaban J connectivity index is 1.55. The van der Waals surface area contributed by atoms with Crippen molar-refractivity contribution in [2.75, 3.05) is 19.7 Å². The highest BCUT2D eigenvalue weighted by molar-refractivity contribution is 5.01. The largest absolute Gasteiger partial charge is 0.375 e. The molecule has 0 radical (unpaired) electrons. The van der Waals surface area contributed by atoms with Gasteiger partial charge in [-0.2, -0.15) is 0 Å². The molecule has 0 N–H and O–H groups in total. The fourth-order valence-electron chi connectivity index (χ4n) is 2.39. The van der Waals surface area contributed by atoms with E-state index in [2.05, 4.69) is 11.8 Å². The van der Waals surface area contributed by atoms with Gasteiger partial charge in [0, 0.05) is 19.1 Å². The van der Waals surface area contributed by atoms with Crippen LogP contribution in [-0.2, 0) is 4.74 Å². The van der Waals surface area contributed by atoms with Crippen LogP contribution in [0.4, 0.5) is 0 Å². The molecule has 2 aliphatic carbocycles. The van der Waals surface area contributed by atoms with Crippen molar-refractivity contribution < 1.29 is 4.74 Å². The Kier molecular flexibility index (Phi) is 1.50. The van der Waals surface area contributed by atoms with E-state index in [1.807, 2.05) is 0 Å². The fraction of sp³-hybridized carbons (Fsp3) is 1.00. The predicted molar refractivity (Wildman–Crippen MR) is 47.0 cm³/mol. The summed E-state index contributed by atoms with van der Waals surface area (Å²) < 4.78 is 5.57. The average molecular weight is 167 g/mol. The number of nitrogens with zero attached hydrogens (tertiary/aromatic N) is 1. The van der Waals surface area contributed by atoms with Gasteiger partial charge in [0.15, 0.2) is 0 Å². The lowest BCUT2D eigenvalue weighted by atomic mass is 10.3. The van der Waals surface area contributed by atoms with Crippen molar-refractivity contribution in [1.29, 1.82) is 0 Å². The van der Waals surface area contributed by atoms with Crippen LogP contribution < -0.4 is 0 Å². The number of hydrogen-bond donors (Lipinski definition) is 0. The van der Waals surface area contributed by atoms with Crippen molar-refractivity contribution in [1.82, 2.24) is 4.90 Å². The molecule has 3 fully saturated rings. The van der Waals surface area contributed by atoms with Crippen molar-refractivity contribution in [2.45, 2.75) is 31.9 Å². The Morgan fingerprint density at radius 2 is 2.25 bits per heavy atom. The lowest BCUT2D eigenvalue weighted by Crippen LogP contribution is -2.38. The standard InChI is InChI=1S/C10H17NO/c1-7-4-8(7)6-11-2-3-12-10-5-9(10)11/h7-10H,2-6H2,1H3. The van der Waals surface area contributed by atoms with Crippen molar-refractivity contribution >= 4 is 0 Å². The van der Waals surface area contributed by atoms with Crippen molar-refractivity contribution in [3.8, 4) is 0 Å². The third-order valence-electron chi connectivity index (χ3n) is 3.62. The van der Waals surface area contributed by atoms with E-state index in [9.17, 15) is 0 Å². The van der Waals surface area contributed by atoms with E-state index in [4.69, 9.17) is 4.74 Å². The molecule has 3 rings (SSSR count). The van der Waals surface area contributed by atoms with E-state index in [1.165, 1.54) is 25.9 Å². The van der Waals surface area contributed by atoms with Gasteiger partial charge in [0.1, 0.15) is 0 Å². The molecule has 2 nitrogen and oxygen atoms in total. The maximum Gasteiger partial charge on any atom is 0.0747 e. The van der Waals surface area contributed by atoms with Crippen molar-refractivity contribution in [2.24, 2.45) is 11.8 Å². The van der Waals surface area contributed by atoms with Crippen LogP contribution in [0.15, 0.2) is 0 Å². The molecular weight excluding hydrogens is 150 g/mol. The average Bonchev–Trinajstić information content (AvgIpc) is 2.89. The first-order valence-corrected chi connectivity index (χ1v) is 5.20. The van der Waals surface area contributed by atoms with Gasteiger partial charge in [0.05, 0.1) is 12.7 Å². The van der Waals surface area contributed by atoms with Gasteiger partial charge >= 0.3 is 0 Å². The Morgan fingerprint density at radius 1 is 1.42 bits per heavy atom. The summed E-state index contributed by atoms with van der Waals surface area (Å²) in [6.45, 7) is 5.88. The summed E-state index contributed by atoms with van der Waals surface area (Å²) in [6.07, 6.45) is 3.39. The van der Waals surface area contributed by atoms with Crippen LogP contribution in [0.25, 0.3) is 0 Å². The van der Waals surface area contributed by atoms with E-state index < -0.39 is 0 Å². The SMILES string of the molecule is CC1CC1CN1CCOC2CC21. The molecule has 3 aliphatic rings. The van der Waals surface area contributed by atoms with Gasteiger partial charge in [-0.1, -0.05) is 6.92 Å². The van der Waals surface area contributed by atoms with Crippen molar-refractivity contribution in [3.63, 3.8) is 0 Å². The van der Waals surface area contributed by atoms with Gasteiger partial charge in [-0.3, -0.25) is 4.90 Å². The minimum atomic E-state index is 0.618. The first-order chi connectivity index (χ1) is 5.84. The molecule has 68 valence electrons. The van der Waals surface area contributed by atoms with Crippen LogP contribution in [0, 0.1) is 11.8 Å². The summed E-state index contributed by atoms with van der Waals surface area (Å²) in [4.78, 5) is 2.66. The molecule has 0 aromatic rings. The minimum Gasteiger partial charge on any atom is -0.375 e. The lowest BCUT2D eigenvalue weighted by Gasteiger charge is -2.26. The minimum absolute atomic E-state index is 0.618. The predicted octanol–water partition coefficient (Wildman–Crippen LogP) is 1.12. The van der Waals surface area contributed by atoms with Gasteiger partial charge in [-0.05, 0) is 24.7 Å². The normalized spacial score (nSPS) is 51.8. The lowest BCUT2D eigenvalue weighted by molar-refractivity contribution is 0.0288. The highest BCUT2D eigenvalue weighted by Gasteiger charge is 2.47. The maximum absolute atomic E-state index is 5.57. The second-order valence-corrected chi connectivity index (χ2v) is 4.68. The summed E-state index contributed by atoms with van der Waals surface area (Å²) in [5.74, 6) is 2.02. The molecule has 4 atom stereocenters. The van der Waals surface area contributed by atoms with Crippen LogP contribution in [0.1, 0.15) is 19.8 Å². The van der Waals surface area contributed by atoms with E-state index in [0.29, 0.717) is 6.10 Å². The van der Waals surface area contributed by atoms with E-state index in [-0.39, 0.29) is 0 Å². The molecule has 12 heavy (non-hydrogen) atoms. The number of morpholine rings is 1. The zero-order valence-electron chi connectivity index (χ0n) is 7.70. The monoisotopic (exact) mass is 167 g/mol. The van der Waals surface area contributed by atoms with Gasteiger partial charge in [0.25, 0.3) is 0 Å². The third kappa shape index (κ3) is 1.17. The zero-order valence-corrected chi connectivity index (χ0v) is 7.70. The van der Waals surface area contributed by atoms with Crippen LogP contribution in [0.3, 0.4) is 0 Å². The van der Waals surface area contributed by atoms with Crippen LogP contribution >= 0.6 is 0 Å². The smallest absolute Gasteiger partial charge is 0.0747 e. The number of rotatable bonds is 2. The van der Waals surface area contributed by atoms with Crippen LogP contribution in [0.5, 0.6) is 0 Å². The Morgan fingerprint density at radius 3 is 3.00 bits per heavy atom. The summed E-state index contributed by atoms with van der Waals surface area (Å²) in [6, 6.07) is 0.812. The summed E-state index contributed by atoms with van der Waals surface area (Å²) in [5.41, 5.74) is 0. The molecule has 1 heterocycles. The topological polar surface area (TPSA) is 12.5 Å². The summed E-state index contributed by atoms with van der Waals surface area (Å²) in [5, 5.41) is 0. The summed E-state index contributed by atoms with van der Waals surface area (Å²) >= 11 is 0.